The van der Waals surface area contributed by atoms with E-state index in [0.29, 0.717) is 52.4 Å². The standard InChI is InChI=1S/C21H27FO4.C14H16N2O3/c1-6-11-21(2,3)14-25-15-7-9-18(17(22)12-15)26-16-8-10-19(23-4)20(13-16)24-5;1-18-12-6-10-11(7-13(12)19-2)15-8-9-4-3-5-16(9)14(10)17/h7-10,12-13H,6,11,14H2,1-5H3;6-9H,3-5H2,1-2H3. The summed E-state index contributed by atoms with van der Waals surface area (Å²) in [5, 5.41) is 0. The van der Waals surface area contributed by atoms with Crippen molar-refractivity contribution >= 4 is 17.8 Å². The van der Waals surface area contributed by atoms with Gasteiger partial charge in [-0.25, -0.2) is 4.39 Å². The number of benzene rings is 3. The molecule has 9 nitrogen and oxygen atoms in total. The summed E-state index contributed by atoms with van der Waals surface area (Å²) in [5.74, 6) is 2.86. The first kappa shape index (κ1) is 33.4. The predicted molar refractivity (Wildman–Crippen MR) is 172 cm³/mol. The zero-order chi connectivity index (χ0) is 32.6. The lowest BCUT2D eigenvalue weighted by molar-refractivity contribution is 0.0774. The van der Waals surface area contributed by atoms with Crippen LogP contribution in [-0.2, 0) is 0 Å². The maximum Gasteiger partial charge on any atom is 0.256 e. The van der Waals surface area contributed by atoms with E-state index in [-0.39, 0.29) is 23.1 Å². The predicted octanol–water partition coefficient (Wildman–Crippen LogP) is 7.86. The van der Waals surface area contributed by atoms with Gasteiger partial charge in [-0.15, -0.1) is 0 Å². The summed E-state index contributed by atoms with van der Waals surface area (Å²) >= 11 is 0. The van der Waals surface area contributed by atoms with Gasteiger partial charge in [0.15, 0.2) is 34.6 Å². The lowest BCUT2D eigenvalue weighted by Gasteiger charge is -2.24. The van der Waals surface area contributed by atoms with Crippen LogP contribution in [0.5, 0.6) is 40.2 Å². The molecule has 1 unspecified atom stereocenters. The number of aliphatic imine (C=N–C) groups is 1. The second-order valence-corrected chi connectivity index (χ2v) is 11.6. The van der Waals surface area contributed by atoms with Gasteiger partial charge in [0.1, 0.15) is 11.5 Å². The summed E-state index contributed by atoms with van der Waals surface area (Å²) in [6.45, 7) is 7.75. The van der Waals surface area contributed by atoms with Gasteiger partial charge in [-0.1, -0.05) is 27.2 Å². The van der Waals surface area contributed by atoms with E-state index in [1.54, 1.807) is 63.8 Å². The molecule has 1 saturated heterocycles. The van der Waals surface area contributed by atoms with Crippen molar-refractivity contribution in [2.75, 3.05) is 41.6 Å². The van der Waals surface area contributed by atoms with Crippen molar-refractivity contribution < 1.29 is 37.6 Å². The molecule has 45 heavy (non-hydrogen) atoms. The van der Waals surface area contributed by atoms with Gasteiger partial charge in [0.25, 0.3) is 5.91 Å². The van der Waals surface area contributed by atoms with Crippen LogP contribution >= 0.6 is 0 Å². The smallest absolute Gasteiger partial charge is 0.256 e. The van der Waals surface area contributed by atoms with Gasteiger partial charge in [-0.2, -0.15) is 0 Å². The highest BCUT2D eigenvalue weighted by molar-refractivity contribution is 6.03. The van der Waals surface area contributed by atoms with Crippen LogP contribution in [0.1, 0.15) is 56.8 Å². The van der Waals surface area contributed by atoms with Gasteiger partial charge in [0.05, 0.1) is 52.3 Å². The van der Waals surface area contributed by atoms with Gasteiger partial charge in [-0.05, 0) is 55.0 Å². The zero-order valence-corrected chi connectivity index (χ0v) is 27.1. The van der Waals surface area contributed by atoms with Crippen LogP contribution in [0.4, 0.5) is 10.1 Å². The summed E-state index contributed by atoms with van der Waals surface area (Å²) in [4.78, 5) is 18.9. The summed E-state index contributed by atoms with van der Waals surface area (Å²) < 4.78 is 46.7. The fraction of sp³-hybridized carbons (Fsp3) is 0.429. The van der Waals surface area contributed by atoms with Gasteiger partial charge in [-0.3, -0.25) is 9.79 Å². The Morgan fingerprint density at radius 1 is 0.867 bits per heavy atom. The van der Waals surface area contributed by atoms with Crippen molar-refractivity contribution in [3.63, 3.8) is 0 Å². The third kappa shape index (κ3) is 8.17. The summed E-state index contributed by atoms with van der Waals surface area (Å²) in [5.41, 5.74) is 1.29. The van der Waals surface area contributed by atoms with Crippen LogP contribution in [0.2, 0.25) is 0 Å². The number of ether oxygens (including phenoxy) is 6. The molecule has 3 aromatic carbocycles. The highest BCUT2D eigenvalue weighted by Crippen LogP contribution is 2.38. The maximum atomic E-state index is 14.4. The van der Waals surface area contributed by atoms with Gasteiger partial charge in [0.2, 0.25) is 0 Å². The first-order chi connectivity index (χ1) is 21.6. The number of nitrogens with zero attached hydrogens (tertiary/aromatic N) is 2. The van der Waals surface area contributed by atoms with E-state index in [1.165, 1.54) is 13.2 Å². The van der Waals surface area contributed by atoms with E-state index in [1.807, 2.05) is 11.1 Å². The monoisotopic (exact) mass is 622 g/mol. The van der Waals surface area contributed by atoms with Crippen LogP contribution in [0.15, 0.2) is 53.5 Å². The number of methoxy groups -OCH3 is 4. The van der Waals surface area contributed by atoms with Gasteiger partial charge < -0.3 is 33.3 Å². The van der Waals surface area contributed by atoms with Crippen molar-refractivity contribution in [3.05, 3.63) is 59.9 Å². The van der Waals surface area contributed by atoms with Crippen LogP contribution in [0, 0.1) is 11.2 Å². The number of fused-ring (bicyclic) bond motifs is 2. The molecule has 0 spiro atoms. The van der Waals surface area contributed by atoms with E-state index < -0.39 is 5.82 Å². The zero-order valence-electron chi connectivity index (χ0n) is 27.1. The molecule has 0 radical (unpaired) electrons. The largest absolute Gasteiger partial charge is 0.493 e. The summed E-state index contributed by atoms with van der Waals surface area (Å²) in [7, 11) is 6.23. The lowest BCUT2D eigenvalue weighted by atomic mass is 9.89. The van der Waals surface area contributed by atoms with Crippen LogP contribution in [-0.4, -0.2) is 64.7 Å². The Balaban J connectivity index is 0.000000214. The molecule has 0 saturated carbocycles. The molecule has 0 N–H and O–H groups in total. The Morgan fingerprint density at radius 3 is 2.18 bits per heavy atom. The third-order valence-corrected chi connectivity index (χ3v) is 7.72. The van der Waals surface area contributed by atoms with Gasteiger partial charge >= 0.3 is 0 Å². The molecule has 0 aromatic heterocycles. The molecule has 2 aliphatic heterocycles. The lowest BCUT2D eigenvalue weighted by Crippen LogP contribution is -2.35. The molecule has 10 heteroatoms. The first-order valence-electron chi connectivity index (χ1n) is 15.1. The highest BCUT2D eigenvalue weighted by atomic mass is 19.1. The normalized spacial score (nSPS) is 15.2. The SMILES string of the molecule is CCCC(C)(C)COc1ccc(Oc2ccc(OC)c(OC)c2)c(F)c1.COc1cc2c(cc1OC)C(=O)N1CCCC1C=N2. The number of carbonyl (C=O) groups is 1. The Bertz CT molecular complexity index is 1510. The minimum Gasteiger partial charge on any atom is -0.493 e. The van der Waals surface area contributed by atoms with Crippen molar-refractivity contribution in [3.8, 4) is 40.2 Å². The molecule has 242 valence electrons. The topological polar surface area (TPSA) is 88.1 Å². The fourth-order valence-corrected chi connectivity index (χ4v) is 5.36. The van der Waals surface area contributed by atoms with E-state index in [9.17, 15) is 9.18 Å². The summed E-state index contributed by atoms with van der Waals surface area (Å²) in [6, 6.07) is 13.3. The number of rotatable bonds is 11. The molecule has 1 fully saturated rings. The molecule has 2 aliphatic rings. The molecular weight excluding hydrogens is 579 g/mol. The van der Waals surface area contributed by atoms with Gasteiger partial charge in [0, 0.05) is 31.0 Å². The Labute approximate surface area is 264 Å². The van der Waals surface area contributed by atoms with Crippen molar-refractivity contribution in [1.82, 2.24) is 4.90 Å². The molecule has 1 amide bonds. The molecule has 0 bridgehead atoms. The minimum atomic E-state index is -0.481. The Kier molecular flexibility index (Phi) is 11.1. The third-order valence-electron chi connectivity index (χ3n) is 7.72. The molecule has 3 aromatic rings. The second-order valence-electron chi connectivity index (χ2n) is 11.6. The van der Waals surface area contributed by atoms with E-state index >= 15 is 0 Å². The minimum absolute atomic E-state index is 0.0240. The average Bonchev–Trinajstić information content (AvgIpc) is 3.47. The van der Waals surface area contributed by atoms with E-state index in [2.05, 4.69) is 25.8 Å². The molecule has 1 atom stereocenters. The van der Waals surface area contributed by atoms with E-state index in [4.69, 9.17) is 28.4 Å². The molecular formula is C35H43FN2O7. The average molecular weight is 623 g/mol. The fourth-order valence-electron chi connectivity index (χ4n) is 5.36. The molecule has 5 rings (SSSR count). The van der Waals surface area contributed by atoms with Crippen LogP contribution in [0.3, 0.4) is 0 Å². The van der Waals surface area contributed by atoms with Crippen molar-refractivity contribution in [2.45, 2.75) is 52.5 Å². The Morgan fingerprint density at radius 2 is 1.51 bits per heavy atom. The molecule has 2 heterocycles. The maximum absolute atomic E-state index is 14.4. The molecule has 0 aliphatic carbocycles. The van der Waals surface area contributed by atoms with Crippen molar-refractivity contribution in [2.24, 2.45) is 10.4 Å². The van der Waals surface area contributed by atoms with Crippen LogP contribution < -0.4 is 28.4 Å². The second kappa shape index (κ2) is 15.0. The number of amides is 1. The number of hydrogen-bond acceptors (Lipinski definition) is 8. The quantitative estimate of drug-likeness (QED) is 0.215. The summed E-state index contributed by atoms with van der Waals surface area (Å²) in [6.07, 6.45) is 6.02. The Hall–Kier alpha value is -4.47. The number of hydrogen-bond donors (Lipinski definition) is 0. The number of carbonyl (C=O) groups excluding carboxylic acids is 1. The van der Waals surface area contributed by atoms with Crippen LogP contribution in [0.25, 0.3) is 0 Å². The highest BCUT2D eigenvalue weighted by Gasteiger charge is 2.32. The van der Waals surface area contributed by atoms with E-state index in [0.717, 1.165) is 32.2 Å². The number of halogens is 1. The van der Waals surface area contributed by atoms with Crippen molar-refractivity contribution in [1.29, 1.82) is 0 Å². The first-order valence-corrected chi connectivity index (χ1v) is 15.1.